The average Bonchev–Trinajstić information content (AvgIpc) is 3.07. The van der Waals surface area contributed by atoms with Crippen LogP contribution in [0.4, 0.5) is 11.4 Å². The summed E-state index contributed by atoms with van der Waals surface area (Å²) in [5.41, 5.74) is 8.14. The number of nitrogen functional groups attached to an aromatic ring is 1. The third-order valence-corrected chi connectivity index (χ3v) is 4.55. The molecule has 1 aromatic heterocycles. The first-order chi connectivity index (χ1) is 8.74. The molecule has 1 heterocycles. The summed E-state index contributed by atoms with van der Waals surface area (Å²) in [5.74, 6) is 0. The molecule has 0 radical (unpaired) electrons. The Balaban J connectivity index is 1.91. The predicted octanol–water partition coefficient (Wildman–Crippen LogP) is 4.26. The lowest BCUT2D eigenvalue weighted by Gasteiger charge is -2.25. The van der Waals surface area contributed by atoms with Gasteiger partial charge in [-0.3, -0.25) is 0 Å². The summed E-state index contributed by atoms with van der Waals surface area (Å²) in [5, 5.41) is 2.13. The van der Waals surface area contributed by atoms with E-state index in [0.717, 1.165) is 22.4 Å². The van der Waals surface area contributed by atoms with Gasteiger partial charge in [0.2, 0.25) is 0 Å². The molecular weight excluding hydrogens is 308 g/mol. The number of benzene rings is 1. The van der Waals surface area contributed by atoms with Crippen LogP contribution < -0.4 is 10.6 Å². The maximum Gasteiger partial charge on any atom is 0.0617 e. The summed E-state index contributed by atoms with van der Waals surface area (Å²) in [6.07, 6.45) is 2.55. The van der Waals surface area contributed by atoms with Crippen LogP contribution in [0.5, 0.6) is 0 Å². The highest BCUT2D eigenvalue weighted by molar-refractivity contribution is 9.10. The van der Waals surface area contributed by atoms with Crippen molar-refractivity contribution in [3.8, 4) is 0 Å². The molecule has 1 aliphatic rings. The number of thiophene rings is 1. The summed E-state index contributed by atoms with van der Waals surface area (Å²) in [6.45, 7) is 0.961. The van der Waals surface area contributed by atoms with Gasteiger partial charge in [-0.25, -0.2) is 0 Å². The van der Waals surface area contributed by atoms with Crippen molar-refractivity contribution in [3.63, 3.8) is 0 Å². The van der Waals surface area contributed by atoms with E-state index in [9.17, 15) is 0 Å². The van der Waals surface area contributed by atoms with Crippen molar-refractivity contribution in [3.05, 3.63) is 45.1 Å². The molecular formula is C14H15BrN2S. The Kier molecular flexibility index (Phi) is 3.31. The molecule has 94 valence electrons. The van der Waals surface area contributed by atoms with Crippen molar-refractivity contribution in [2.45, 2.75) is 25.4 Å². The summed E-state index contributed by atoms with van der Waals surface area (Å²) < 4.78 is 1.09. The van der Waals surface area contributed by atoms with Gasteiger partial charge in [0.05, 0.1) is 17.9 Å². The van der Waals surface area contributed by atoms with Gasteiger partial charge in [-0.15, -0.1) is 11.3 Å². The summed E-state index contributed by atoms with van der Waals surface area (Å²) in [6, 6.07) is 11.0. The van der Waals surface area contributed by atoms with Gasteiger partial charge in [-0.2, -0.15) is 0 Å². The standard InChI is InChI=1S/C14H15BrN2S/c15-10-3-6-13(16)14(8-10)17(11-4-5-11)9-12-2-1-7-18-12/h1-3,6-8,11H,4-5,9,16H2. The molecule has 1 fully saturated rings. The van der Waals surface area contributed by atoms with Gasteiger partial charge in [0, 0.05) is 15.4 Å². The second-order valence-electron chi connectivity index (χ2n) is 4.64. The van der Waals surface area contributed by atoms with E-state index in [0.29, 0.717) is 6.04 Å². The zero-order valence-electron chi connectivity index (χ0n) is 9.97. The minimum Gasteiger partial charge on any atom is -0.397 e. The molecule has 2 nitrogen and oxygen atoms in total. The van der Waals surface area contributed by atoms with E-state index in [1.54, 1.807) is 11.3 Å². The van der Waals surface area contributed by atoms with Crippen molar-refractivity contribution < 1.29 is 0 Å². The van der Waals surface area contributed by atoms with Gasteiger partial charge < -0.3 is 10.6 Å². The topological polar surface area (TPSA) is 29.3 Å². The molecule has 0 unspecified atom stereocenters. The number of rotatable bonds is 4. The van der Waals surface area contributed by atoms with Gasteiger partial charge in [0.25, 0.3) is 0 Å². The van der Waals surface area contributed by atoms with Crippen LogP contribution in [0.2, 0.25) is 0 Å². The van der Waals surface area contributed by atoms with Crippen molar-refractivity contribution in [2.75, 3.05) is 10.6 Å². The Morgan fingerprint density at radius 3 is 2.83 bits per heavy atom. The monoisotopic (exact) mass is 322 g/mol. The van der Waals surface area contributed by atoms with Gasteiger partial charge in [0.15, 0.2) is 0 Å². The lowest BCUT2D eigenvalue weighted by Crippen LogP contribution is -2.25. The molecule has 1 aromatic carbocycles. The van der Waals surface area contributed by atoms with Crippen LogP contribution >= 0.6 is 27.3 Å². The number of anilines is 2. The Labute approximate surface area is 120 Å². The maximum atomic E-state index is 6.13. The Morgan fingerprint density at radius 1 is 1.33 bits per heavy atom. The number of nitrogens with two attached hydrogens (primary N) is 1. The smallest absolute Gasteiger partial charge is 0.0617 e. The van der Waals surface area contributed by atoms with Gasteiger partial charge in [-0.1, -0.05) is 22.0 Å². The van der Waals surface area contributed by atoms with Crippen LogP contribution in [0.3, 0.4) is 0 Å². The second kappa shape index (κ2) is 4.94. The minimum absolute atomic E-state index is 0.656. The normalized spacial score (nSPS) is 14.7. The number of hydrogen-bond donors (Lipinski definition) is 1. The van der Waals surface area contributed by atoms with Crippen molar-refractivity contribution in [1.29, 1.82) is 0 Å². The Hall–Kier alpha value is -1.00. The summed E-state index contributed by atoms with van der Waals surface area (Å²) in [7, 11) is 0. The molecule has 4 heteroatoms. The van der Waals surface area contributed by atoms with E-state index < -0.39 is 0 Å². The van der Waals surface area contributed by atoms with Crippen molar-refractivity contribution >= 4 is 38.6 Å². The van der Waals surface area contributed by atoms with Crippen molar-refractivity contribution in [2.24, 2.45) is 0 Å². The first-order valence-corrected chi connectivity index (χ1v) is 7.75. The van der Waals surface area contributed by atoms with Gasteiger partial charge in [-0.05, 0) is 42.5 Å². The van der Waals surface area contributed by atoms with Gasteiger partial charge >= 0.3 is 0 Å². The average molecular weight is 323 g/mol. The van der Waals surface area contributed by atoms with E-state index in [2.05, 4.69) is 44.4 Å². The van der Waals surface area contributed by atoms with E-state index in [1.165, 1.54) is 17.7 Å². The minimum atomic E-state index is 0.656. The summed E-state index contributed by atoms with van der Waals surface area (Å²) in [4.78, 5) is 3.83. The van der Waals surface area contributed by atoms with Crippen LogP contribution in [0.25, 0.3) is 0 Å². The molecule has 1 aliphatic carbocycles. The SMILES string of the molecule is Nc1ccc(Br)cc1N(Cc1cccs1)C1CC1. The molecule has 3 rings (SSSR count). The fourth-order valence-corrected chi connectivity index (χ4v) is 3.18. The van der Waals surface area contributed by atoms with Crippen LogP contribution in [-0.4, -0.2) is 6.04 Å². The van der Waals surface area contributed by atoms with E-state index in [-0.39, 0.29) is 0 Å². The summed E-state index contributed by atoms with van der Waals surface area (Å²) >= 11 is 5.34. The fourth-order valence-electron chi connectivity index (χ4n) is 2.13. The highest BCUT2D eigenvalue weighted by atomic mass is 79.9. The third kappa shape index (κ3) is 2.54. The Morgan fingerprint density at radius 2 is 2.17 bits per heavy atom. The Bertz CT molecular complexity index is 535. The van der Waals surface area contributed by atoms with Crippen molar-refractivity contribution in [1.82, 2.24) is 0 Å². The number of nitrogens with zero attached hydrogens (tertiary/aromatic N) is 1. The molecule has 2 N–H and O–H groups in total. The third-order valence-electron chi connectivity index (χ3n) is 3.20. The number of hydrogen-bond acceptors (Lipinski definition) is 3. The van der Waals surface area contributed by atoms with Crippen LogP contribution in [0.1, 0.15) is 17.7 Å². The van der Waals surface area contributed by atoms with E-state index in [1.807, 2.05) is 12.1 Å². The maximum absolute atomic E-state index is 6.13. The molecule has 0 spiro atoms. The zero-order chi connectivity index (χ0) is 12.5. The predicted molar refractivity (Wildman–Crippen MR) is 82.1 cm³/mol. The molecule has 1 saturated carbocycles. The van der Waals surface area contributed by atoms with Crippen LogP contribution in [0, 0.1) is 0 Å². The molecule has 0 amide bonds. The first kappa shape index (κ1) is 12.1. The highest BCUT2D eigenvalue weighted by Crippen LogP contribution is 2.37. The van der Waals surface area contributed by atoms with E-state index >= 15 is 0 Å². The molecule has 0 saturated heterocycles. The first-order valence-electron chi connectivity index (χ1n) is 6.08. The van der Waals surface area contributed by atoms with Crippen LogP contribution in [-0.2, 0) is 6.54 Å². The molecule has 0 aliphatic heterocycles. The lowest BCUT2D eigenvalue weighted by atomic mass is 10.2. The molecule has 2 aromatic rings. The zero-order valence-corrected chi connectivity index (χ0v) is 12.4. The van der Waals surface area contributed by atoms with Gasteiger partial charge in [0.1, 0.15) is 0 Å². The molecule has 0 atom stereocenters. The molecule has 18 heavy (non-hydrogen) atoms. The second-order valence-corrected chi connectivity index (χ2v) is 6.59. The largest absolute Gasteiger partial charge is 0.397 e. The number of halogens is 1. The van der Waals surface area contributed by atoms with Crippen LogP contribution in [0.15, 0.2) is 40.2 Å². The lowest BCUT2D eigenvalue weighted by molar-refractivity contribution is 0.804. The van der Waals surface area contributed by atoms with E-state index in [4.69, 9.17) is 5.73 Å². The molecule has 0 bridgehead atoms. The fraction of sp³-hybridized carbons (Fsp3) is 0.286. The quantitative estimate of drug-likeness (QED) is 0.852. The highest BCUT2D eigenvalue weighted by Gasteiger charge is 2.30.